The highest BCUT2D eigenvalue weighted by Gasteiger charge is 2.10. The molecule has 0 aliphatic rings. The molecule has 0 saturated carbocycles. The van der Waals surface area contributed by atoms with Gasteiger partial charge in [0.15, 0.2) is 0 Å². The fourth-order valence-corrected chi connectivity index (χ4v) is 2.61. The van der Waals surface area contributed by atoms with Crippen LogP contribution in [-0.2, 0) is 0 Å². The standard InChI is InChI=1S/C18H13N5.C2H7N/c1-2-15(19)12-6-14-13-7-16(11-4-3-5-20-8-11)21-10-17(13)23-18(14)22-9-12;1-3-2/h2-10,19H,1H2,(H,22,23);3H,1-2H3. The van der Waals surface area contributed by atoms with E-state index in [-0.39, 0.29) is 0 Å². The summed E-state index contributed by atoms with van der Waals surface area (Å²) < 4.78 is 0. The molecule has 0 radical (unpaired) electrons. The molecule has 3 N–H and O–H groups in total. The number of nitrogens with zero attached hydrogens (tertiary/aromatic N) is 3. The van der Waals surface area contributed by atoms with Crippen molar-refractivity contribution in [2.24, 2.45) is 0 Å². The smallest absolute Gasteiger partial charge is 0.138 e. The van der Waals surface area contributed by atoms with E-state index in [2.05, 4.69) is 31.8 Å². The summed E-state index contributed by atoms with van der Waals surface area (Å²) in [6.07, 6.45) is 8.53. The van der Waals surface area contributed by atoms with E-state index in [9.17, 15) is 0 Å². The van der Waals surface area contributed by atoms with Gasteiger partial charge in [-0.15, -0.1) is 0 Å². The number of nitrogens with one attached hydrogen (secondary N) is 3. The van der Waals surface area contributed by atoms with Crippen LogP contribution in [0.4, 0.5) is 0 Å². The predicted octanol–water partition coefficient (Wildman–Crippen LogP) is 3.56. The number of allylic oxidation sites excluding steroid dienone is 1. The lowest BCUT2D eigenvalue weighted by Crippen LogP contribution is -1.94. The Bertz CT molecular complexity index is 1070. The Kier molecular flexibility index (Phi) is 5.15. The monoisotopic (exact) mass is 344 g/mol. The van der Waals surface area contributed by atoms with Crippen LogP contribution in [0.3, 0.4) is 0 Å². The van der Waals surface area contributed by atoms with E-state index in [1.54, 1.807) is 24.8 Å². The van der Waals surface area contributed by atoms with E-state index in [1.165, 1.54) is 6.08 Å². The van der Waals surface area contributed by atoms with Crippen LogP contribution >= 0.6 is 0 Å². The number of aromatic amines is 1. The van der Waals surface area contributed by atoms with E-state index in [4.69, 9.17) is 5.41 Å². The molecule has 6 heteroatoms. The number of aromatic nitrogens is 4. The van der Waals surface area contributed by atoms with Gasteiger partial charge < -0.3 is 15.7 Å². The van der Waals surface area contributed by atoms with Crippen molar-refractivity contribution >= 4 is 27.6 Å². The average Bonchev–Trinajstić information content (AvgIpc) is 3.05. The summed E-state index contributed by atoms with van der Waals surface area (Å²) in [7, 11) is 3.75. The average molecular weight is 344 g/mol. The molecule has 130 valence electrons. The molecule has 0 aliphatic carbocycles. The first-order valence-corrected chi connectivity index (χ1v) is 8.15. The summed E-state index contributed by atoms with van der Waals surface area (Å²) in [4.78, 5) is 16.3. The lowest BCUT2D eigenvalue weighted by molar-refractivity contribution is 1.02. The second-order valence-corrected chi connectivity index (χ2v) is 5.72. The van der Waals surface area contributed by atoms with Crippen LogP contribution in [-0.4, -0.2) is 39.7 Å². The normalized spacial score (nSPS) is 10.4. The van der Waals surface area contributed by atoms with Crippen molar-refractivity contribution < 1.29 is 0 Å². The topological polar surface area (TPSA) is 90.3 Å². The van der Waals surface area contributed by atoms with Crippen molar-refractivity contribution in [3.8, 4) is 11.3 Å². The summed E-state index contributed by atoms with van der Waals surface area (Å²) in [5, 5.41) is 12.6. The second kappa shape index (κ2) is 7.67. The molecule has 4 aromatic heterocycles. The maximum atomic E-state index is 7.90. The predicted molar refractivity (Wildman–Crippen MR) is 107 cm³/mol. The van der Waals surface area contributed by atoms with Gasteiger partial charge in [-0.05, 0) is 44.4 Å². The van der Waals surface area contributed by atoms with Crippen LogP contribution in [0.5, 0.6) is 0 Å². The lowest BCUT2D eigenvalue weighted by atomic mass is 10.1. The molecule has 26 heavy (non-hydrogen) atoms. The highest BCUT2D eigenvalue weighted by atomic mass is 14.9. The van der Waals surface area contributed by atoms with Crippen molar-refractivity contribution in [3.63, 3.8) is 0 Å². The van der Waals surface area contributed by atoms with E-state index < -0.39 is 0 Å². The minimum Gasteiger partial charge on any atom is -0.338 e. The van der Waals surface area contributed by atoms with Gasteiger partial charge >= 0.3 is 0 Å². The molecule has 0 amide bonds. The maximum absolute atomic E-state index is 7.90. The fourth-order valence-electron chi connectivity index (χ4n) is 2.61. The van der Waals surface area contributed by atoms with Crippen molar-refractivity contribution in [2.45, 2.75) is 0 Å². The minimum atomic E-state index is 0.357. The van der Waals surface area contributed by atoms with Gasteiger partial charge in [0, 0.05) is 40.5 Å². The molecule has 0 fully saturated rings. The van der Waals surface area contributed by atoms with Gasteiger partial charge in [0.1, 0.15) is 5.65 Å². The first-order valence-electron chi connectivity index (χ1n) is 8.15. The highest BCUT2D eigenvalue weighted by Crippen LogP contribution is 2.28. The van der Waals surface area contributed by atoms with Gasteiger partial charge in [0.2, 0.25) is 0 Å². The first kappa shape index (κ1) is 17.4. The van der Waals surface area contributed by atoms with Gasteiger partial charge in [-0.25, -0.2) is 4.98 Å². The molecule has 4 heterocycles. The van der Waals surface area contributed by atoms with Crippen LogP contribution in [0.25, 0.3) is 33.2 Å². The summed E-state index contributed by atoms with van der Waals surface area (Å²) in [6, 6.07) is 7.85. The Morgan fingerprint density at radius 3 is 2.65 bits per heavy atom. The molecular formula is C20H20N6. The highest BCUT2D eigenvalue weighted by molar-refractivity contribution is 6.12. The third-order valence-corrected chi connectivity index (χ3v) is 3.81. The molecule has 0 saturated heterocycles. The number of fused-ring (bicyclic) bond motifs is 3. The lowest BCUT2D eigenvalue weighted by Gasteiger charge is -2.01. The third kappa shape index (κ3) is 3.36. The zero-order valence-electron chi connectivity index (χ0n) is 14.7. The van der Waals surface area contributed by atoms with Gasteiger partial charge in [0.25, 0.3) is 0 Å². The van der Waals surface area contributed by atoms with Crippen molar-refractivity contribution in [1.29, 1.82) is 5.41 Å². The van der Waals surface area contributed by atoms with E-state index >= 15 is 0 Å². The van der Waals surface area contributed by atoms with Gasteiger partial charge in [-0.1, -0.05) is 6.58 Å². The summed E-state index contributed by atoms with van der Waals surface area (Å²) in [6.45, 7) is 3.64. The van der Waals surface area contributed by atoms with Crippen molar-refractivity contribution in [1.82, 2.24) is 25.3 Å². The molecule has 0 unspecified atom stereocenters. The van der Waals surface area contributed by atoms with Crippen molar-refractivity contribution in [2.75, 3.05) is 14.1 Å². The van der Waals surface area contributed by atoms with Gasteiger partial charge in [-0.3, -0.25) is 9.97 Å². The molecule has 4 rings (SSSR count). The molecule has 6 nitrogen and oxygen atoms in total. The van der Waals surface area contributed by atoms with E-state index in [0.29, 0.717) is 5.71 Å². The quantitative estimate of drug-likeness (QED) is 0.496. The van der Waals surface area contributed by atoms with Crippen LogP contribution in [0, 0.1) is 5.41 Å². The second-order valence-electron chi connectivity index (χ2n) is 5.72. The van der Waals surface area contributed by atoms with Crippen LogP contribution in [0.15, 0.2) is 61.7 Å². The molecule has 0 atom stereocenters. The van der Waals surface area contributed by atoms with E-state index in [1.807, 2.05) is 38.4 Å². The minimum absolute atomic E-state index is 0.357. The molecule has 4 aromatic rings. The Labute approximate surface area is 151 Å². The number of H-pyrrole nitrogens is 1. The van der Waals surface area contributed by atoms with Crippen molar-refractivity contribution in [3.05, 3.63) is 67.3 Å². The summed E-state index contributed by atoms with van der Waals surface area (Å²) in [5.74, 6) is 0. The molecule has 0 aliphatic heterocycles. The number of pyridine rings is 3. The van der Waals surface area contributed by atoms with Crippen LogP contribution in [0.1, 0.15) is 5.56 Å². The largest absolute Gasteiger partial charge is 0.338 e. The Balaban J connectivity index is 0.000000613. The zero-order chi connectivity index (χ0) is 18.5. The Morgan fingerprint density at radius 2 is 1.96 bits per heavy atom. The molecule has 0 spiro atoms. The Morgan fingerprint density at radius 1 is 1.15 bits per heavy atom. The van der Waals surface area contributed by atoms with Crippen LogP contribution < -0.4 is 5.32 Å². The first-order chi connectivity index (χ1) is 12.7. The number of hydrogen-bond acceptors (Lipinski definition) is 5. The van der Waals surface area contributed by atoms with Gasteiger partial charge in [-0.2, -0.15) is 0 Å². The number of hydrogen-bond donors (Lipinski definition) is 3. The summed E-state index contributed by atoms with van der Waals surface area (Å²) in [5.41, 5.74) is 4.62. The summed E-state index contributed by atoms with van der Waals surface area (Å²) >= 11 is 0. The Hall–Kier alpha value is -3.38. The van der Waals surface area contributed by atoms with Gasteiger partial charge in [0.05, 0.1) is 23.1 Å². The van der Waals surface area contributed by atoms with Crippen LogP contribution in [0.2, 0.25) is 0 Å². The maximum Gasteiger partial charge on any atom is 0.138 e. The zero-order valence-corrected chi connectivity index (χ0v) is 14.7. The third-order valence-electron chi connectivity index (χ3n) is 3.81. The fraction of sp³-hybridized carbons (Fsp3) is 0.100. The SMILES string of the molecule is C=CC(=N)c1cnc2[nH]c3cnc(-c4cccnc4)cc3c2c1.CNC. The number of rotatable bonds is 3. The molecule has 0 bridgehead atoms. The molecular weight excluding hydrogens is 324 g/mol. The molecule has 0 aromatic carbocycles. The van der Waals surface area contributed by atoms with E-state index in [0.717, 1.165) is 38.8 Å².